The fraction of sp³-hybridized carbons (Fsp3) is 0.375. The highest BCUT2D eigenvalue weighted by Crippen LogP contribution is 2.31. The largest absolute Gasteiger partial charge is 0.434 e. The molecule has 2 heterocycles. The lowest BCUT2D eigenvalue weighted by Crippen LogP contribution is -2.33. The van der Waals surface area contributed by atoms with Crippen molar-refractivity contribution in [1.82, 2.24) is 5.32 Å². The minimum atomic E-state index is -4.51. The Kier molecular flexibility index (Phi) is 4.55. The minimum absolute atomic E-state index is 0.214. The number of hydrogen-bond acceptors (Lipinski definition) is 5. The summed E-state index contributed by atoms with van der Waals surface area (Å²) in [6.45, 7) is 2.12. The van der Waals surface area contributed by atoms with Gasteiger partial charge in [-0.3, -0.25) is 4.99 Å². The van der Waals surface area contributed by atoms with Crippen molar-refractivity contribution < 1.29 is 17.9 Å². The topological polar surface area (TPSA) is 60.7 Å². The molecule has 0 radical (unpaired) electrons. The molecule has 0 saturated carbocycles. The highest BCUT2D eigenvalue weighted by Gasteiger charge is 2.35. The van der Waals surface area contributed by atoms with Gasteiger partial charge in [0.25, 0.3) is 0 Å². The van der Waals surface area contributed by atoms with Crippen LogP contribution in [0.4, 0.5) is 18.9 Å². The summed E-state index contributed by atoms with van der Waals surface area (Å²) in [6.07, 6.45) is -2.58. The predicted octanol–water partition coefficient (Wildman–Crippen LogP) is 2.51. The number of nitrogens with zero attached hydrogens (tertiary/aromatic N) is 3. The minimum Gasteiger partial charge on any atom is -0.371 e. The summed E-state index contributed by atoms with van der Waals surface area (Å²) in [5.74, 6) is 0. The van der Waals surface area contributed by atoms with E-state index in [0.29, 0.717) is 24.4 Å². The van der Waals surface area contributed by atoms with Gasteiger partial charge in [-0.05, 0) is 17.7 Å². The van der Waals surface area contributed by atoms with E-state index in [1.54, 1.807) is 18.2 Å². The molecule has 0 spiro atoms. The van der Waals surface area contributed by atoms with E-state index in [1.165, 1.54) is 11.1 Å². The molecule has 1 atom stereocenters. The Hall–Kier alpha value is -2.37. The third-order valence-corrected chi connectivity index (χ3v) is 3.84. The molecule has 2 aliphatic heterocycles. The van der Waals surface area contributed by atoms with Gasteiger partial charge in [0, 0.05) is 31.2 Å². The van der Waals surface area contributed by atoms with Gasteiger partial charge in [0.05, 0.1) is 30.9 Å². The molecule has 1 N–H and O–H groups in total. The third-order valence-electron chi connectivity index (χ3n) is 3.84. The molecule has 8 heteroatoms. The molecule has 0 bridgehead atoms. The first kappa shape index (κ1) is 16.5. The van der Waals surface area contributed by atoms with Gasteiger partial charge in [0.2, 0.25) is 0 Å². The van der Waals surface area contributed by atoms with Crippen molar-refractivity contribution in [3.8, 4) is 6.07 Å². The maximum absolute atomic E-state index is 12.8. The lowest BCUT2D eigenvalue weighted by Gasteiger charge is -2.27. The van der Waals surface area contributed by atoms with Gasteiger partial charge in [-0.2, -0.15) is 18.4 Å². The van der Waals surface area contributed by atoms with Crippen molar-refractivity contribution in [3.63, 3.8) is 0 Å². The fourth-order valence-corrected chi connectivity index (χ4v) is 2.65. The first-order valence-electron chi connectivity index (χ1n) is 7.43. The van der Waals surface area contributed by atoms with E-state index in [1.807, 2.05) is 0 Å². The number of nitrogens with one attached hydrogen (secondary N) is 1. The van der Waals surface area contributed by atoms with Gasteiger partial charge in [-0.1, -0.05) is 6.07 Å². The fourth-order valence-electron chi connectivity index (χ4n) is 2.65. The van der Waals surface area contributed by atoms with Gasteiger partial charge in [-0.25, -0.2) is 0 Å². The van der Waals surface area contributed by atoms with E-state index in [4.69, 9.17) is 4.74 Å². The maximum atomic E-state index is 12.8. The van der Waals surface area contributed by atoms with E-state index in [0.717, 1.165) is 18.3 Å². The van der Waals surface area contributed by atoms with Crippen molar-refractivity contribution in [3.05, 3.63) is 41.2 Å². The zero-order valence-electron chi connectivity index (χ0n) is 12.7. The van der Waals surface area contributed by atoms with Crippen LogP contribution in [0.5, 0.6) is 0 Å². The van der Waals surface area contributed by atoms with Gasteiger partial charge in [0.15, 0.2) is 5.70 Å². The van der Waals surface area contributed by atoms with Crippen LogP contribution in [0, 0.1) is 11.3 Å². The van der Waals surface area contributed by atoms with Crippen LogP contribution in [-0.4, -0.2) is 38.6 Å². The maximum Gasteiger partial charge on any atom is 0.434 e. The molecule has 5 nitrogen and oxygen atoms in total. The molecule has 0 aliphatic carbocycles. The molecule has 126 valence electrons. The Bertz CT molecular complexity index is 715. The molecular formula is C16H15F3N4O. The molecule has 0 aromatic heterocycles. The standard InChI is InChI=1S/C16H15F3N4O/c17-16(18,19)15-10-23(5-3-22-15)12-1-2-13(11(7-12)8-20)14-9-21-4-6-24-14/h1-3,7,10,14,21H,4-6,9H2/t14-/m1/s1. The molecule has 0 amide bonds. The number of nitriles is 1. The normalized spacial score (nSPS) is 21.3. The number of alkyl halides is 3. The van der Waals surface area contributed by atoms with Crippen LogP contribution in [0.1, 0.15) is 17.2 Å². The first-order chi connectivity index (χ1) is 11.5. The number of morpholine rings is 1. The van der Waals surface area contributed by atoms with Crippen molar-refractivity contribution in [2.75, 3.05) is 31.1 Å². The Balaban J connectivity index is 1.89. The number of halogens is 3. The summed E-state index contributed by atoms with van der Waals surface area (Å²) in [7, 11) is 0. The lowest BCUT2D eigenvalue weighted by atomic mass is 10.0. The zero-order chi connectivity index (χ0) is 17.2. The van der Waals surface area contributed by atoms with Gasteiger partial charge in [0.1, 0.15) is 0 Å². The third kappa shape index (κ3) is 3.42. The van der Waals surface area contributed by atoms with E-state index < -0.39 is 11.9 Å². The number of anilines is 1. The van der Waals surface area contributed by atoms with Gasteiger partial charge in [-0.15, -0.1) is 0 Å². The Labute approximate surface area is 137 Å². The monoisotopic (exact) mass is 336 g/mol. The van der Waals surface area contributed by atoms with Crippen molar-refractivity contribution in [1.29, 1.82) is 5.26 Å². The second-order valence-corrected chi connectivity index (χ2v) is 5.42. The van der Waals surface area contributed by atoms with Crippen molar-refractivity contribution in [2.45, 2.75) is 12.3 Å². The predicted molar refractivity (Wildman–Crippen MR) is 82.7 cm³/mol. The van der Waals surface area contributed by atoms with Crippen LogP contribution in [0.3, 0.4) is 0 Å². The number of rotatable bonds is 2. The highest BCUT2D eigenvalue weighted by molar-refractivity contribution is 5.72. The summed E-state index contributed by atoms with van der Waals surface area (Å²) < 4.78 is 44.0. The van der Waals surface area contributed by atoms with Crippen LogP contribution in [0.2, 0.25) is 0 Å². The van der Waals surface area contributed by atoms with Crippen LogP contribution in [0.25, 0.3) is 0 Å². The average molecular weight is 336 g/mol. The highest BCUT2D eigenvalue weighted by atomic mass is 19.4. The smallest absolute Gasteiger partial charge is 0.371 e. The molecule has 0 unspecified atom stereocenters. The molecule has 1 fully saturated rings. The molecule has 1 aromatic rings. The summed E-state index contributed by atoms with van der Waals surface area (Å²) in [5, 5.41) is 12.6. The average Bonchev–Trinajstić information content (AvgIpc) is 2.61. The first-order valence-corrected chi connectivity index (χ1v) is 7.43. The number of ether oxygens (including phenoxy) is 1. The Morgan fingerprint density at radius 1 is 1.38 bits per heavy atom. The number of allylic oxidation sites excluding steroid dienone is 1. The Morgan fingerprint density at radius 2 is 2.21 bits per heavy atom. The molecule has 24 heavy (non-hydrogen) atoms. The van der Waals surface area contributed by atoms with Crippen LogP contribution in [0.15, 0.2) is 35.1 Å². The molecule has 3 rings (SSSR count). The summed E-state index contributed by atoms with van der Waals surface area (Å²) in [4.78, 5) is 4.80. The van der Waals surface area contributed by atoms with Gasteiger partial charge >= 0.3 is 6.18 Å². The van der Waals surface area contributed by atoms with Crippen molar-refractivity contribution >= 4 is 11.9 Å². The zero-order valence-corrected chi connectivity index (χ0v) is 12.7. The van der Waals surface area contributed by atoms with Crippen molar-refractivity contribution in [2.24, 2.45) is 4.99 Å². The van der Waals surface area contributed by atoms with Crippen LogP contribution >= 0.6 is 0 Å². The molecular weight excluding hydrogens is 321 g/mol. The summed E-state index contributed by atoms with van der Waals surface area (Å²) >= 11 is 0. The summed E-state index contributed by atoms with van der Waals surface area (Å²) in [6, 6.07) is 7.11. The molecule has 1 aromatic carbocycles. The number of benzene rings is 1. The van der Waals surface area contributed by atoms with Crippen LogP contribution < -0.4 is 10.2 Å². The lowest BCUT2D eigenvalue weighted by molar-refractivity contribution is -0.0926. The van der Waals surface area contributed by atoms with E-state index in [-0.39, 0.29) is 12.6 Å². The molecule has 1 saturated heterocycles. The second kappa shape index (κ2) is 6.63. The molecule has 2 aliphatic rings. The van der Waals surface area contributed by atoms with E-state index >= 15 is 0 Å². The number of hydrogen-bond donors (Lipinski definition) is 1. The van der Waals surface area contributed by atoms with Gasteiger partial charge < -0.3 is 15.0 Å². The summed E-state index contributed by atoms with van der Waals surface area (Å²) in [5.41, 5.74) is 0.674. The van der Waals surface area contributed by atoms with E-state index in [2.05, 4.69) is 16.4 Å². The quantitative estimate of drug-likeness (QED) is 0.901. The second-order valence-electron chi connectivity index (χ2n) is 5.42. The van der Waals surface area contributed by atoms with E-state index in [9.17, 15) is 18.4 Å². The van der Waals surface area contributed by atoms with Crippen LogP contribution in [-0.2, 0) is 4.74 Å². The Morgan fingerprint density at radius 3 is 2.88 bits per heavy atom. The number of aliphatic imine (C=N–C) groups is 1. The SMILES string of the molecule is N#Cc1cc(N2C=C(C(F)(F)F)N=CC2)ccc1[C@H]1CNCCO1.